The van der Waals surface area contributed by atoms with Gasteiger partial charge in [-0.1, -0.05) is 53.2 Å². The number of aromatic nitrogens is 3. The minimum atomic E-state index is 0.247. The number of nitrogens with zero attached hydrogens (tertiary/aromatic N) is 3. The highest BCUT2D eigenvalue weighted by Gasteiger charge is 2.13. The van der Waals surface area contributed by atoms with Gasteiger partial charge in [0.25, 0.3) is 0 Å². The van der Waals surface area contributed by atoms with Gasteiger partial charge in [-0.25, -0.2) is 4.68 Å². The third kappa shape index (κ3) is 3.63. The van der Waals surface area contributed by atoms with Crippen molar-refractivity contribution in [2.24, 2.45) is 0 Å². The van der Waals surface area contributed by atoms with Crippen molar-refractivity contribution >= 4 is 6.29 Å². The van der Waals surface area contributed by atoms with Gasteiger partial charge in [-0.15, -0.1) is 5.10 Å². The molecule has 0 aliphatic rings. The molecule has 0 fully saturated rings. The molecule has 5 nitrogen and oxygen atoms in total. The third-order valence-corrected chi connectivity index (χ3v) is 3.55. The highest BCUT2D eigenvalue weighted by Crippen LogP contribution is 2.14. The van der Waals surface area contributed by atoms with Crippen LogP contribution in [0.4, 0.5) is 0 Å². The molecule has 0 N–H and O–H groups in total. The zero-order valence-corrected chi connectivity index (χ0v) is 12.8. The molecule has 0 aliphatic heterocycles. The van der Waals surface area contributed by atoms with Crippen LogP contribution >= 0.6 is 0 Å². The first-order valence-corrected chi connectivity index (χ1v) is 7.37. The van der Waals surface area contributed by atoms with E-state index < -0.39 is 0 Å². The molecular weight excluding hydrogens is 290 g/mol. The Balaban J connectivity index is 1.79. The van der Waals surface area contributed by atoms with E-state index in [1.54, 1.807) is 4.68 Å². The van der Waals surface area contributed by atoms with Crippen LogP contribution < -0.4 is 4.74 Å². The van der Waals surface area contributed by atoms with E-state index >= 15 is 0 Å². The van der Waals surface area contributed by atoms with Gasteiger partial charge in [0, 0.05) is 0 Å². The molecule has 2 aromatic carbocycles. The first-order valence-electron chi connectivity index (χ1n) is 7.37. The quantitative estimate of drug-likeness (QED) is 0.657. The molecule has 0 aliphatic carbocycles. The molecule has 1 heterocycles. The second-order valence-electron chi connectivity index (χ2n) is 5.28. The van der Waals surface area contributed by atoms with E-state index in [0.717, 1.165) is 11.3 Å². The summed E-state index contributed by atoms with van der Waals surface area (Å²) in [4.78, 5) is 11.2. The molecule has 0 saturated heterocycles. The van der Waals surface area contributed by atoms with E-state index in [-0.39, 0.29) is 6.61 Å². The molecule has 0 bridgehead atoms. The molecule has 3 aromatic rings. The number of para-hydroxylation sites is 1. The van der Waals surface area contributed by atoms with Gasteiger partial charge in [0.15, 0.2) is 12.0 Å². The monoisotopic (exact) mass is 307 g/mol. The maximum Gasteiger partial charge on any atom is 0.172 e. The summed E-state index contributed by atoms with van der Waals surface area (Å²) in [7, 11) is 0. The topological polar surface area (TPSA) is 57.0 Å². The van der Waals surface area contributed by atoms with Crippen molar-refractivity contribution in [1.29, 1.82) is 0 Å². The Hall–Kier alpha value is -2.95. The molecule has 1 aromatic heterocycles. The van der Waals surface area contributed by atoms with Gasteiger partial charge in [-0.3, -0.25) is 4.79 Å². The van der Waals surface area contributed by atoms with Crippen LogP contribution in [0.15, 0.2) is 54.6 Å². The zero-order chi connectivity index (χ0) is 16.1. The second-order valence-corrected chi connectivity index (χ2v) is 5.28. The van der Waals surface area contributed by atoms with Crippen LogP contribution in [0.5, 0.6) is 5.75 Å². The van der Waals surface area contributed by atoms with Gasteiger partial charge < -0.3 is 4.74 Å². The fourth-order valence-corrected chi connectivity index (χ4v) is 2.25. The Labute approximate surface area is 134 Å². The Kier molecular flexibility index (Phi) is 4.47. The Morgan fingerprint density at radius 1 is 1.09 bits per heavy atom. The van der Waals surface area contributed by atoms with Crippen LogP contribution in [0, 0.1) is 6.92 Å². The lowest BCUT2D eigenvalue weighted by Crippen LogP contribution is -2.10. The lowest BCUT2D eigenvalue weighted by Gasteiger charge is -2.09. The SMILES string of the molecule is Cc1ccc(Cn2nnc(C=O)c2COc2ccccc2)cc1. The van der Waals surface area contributed by atoms with Crippen LogP contribution in [0.3, 0.4) is 0 Å². The van der Waals surface area contributed by atoms with Crippen molar-refractivity contribution in [1.82, 2.24) is 15.0 Å². The van der Waals surface area contributed by atoms with Crippen molar-refractivity contribution in [3.05, 3.63) is 77.1 Å². The van der Waals surface area contributed by atoms with Crippen LogP contribution in [0.1, 0.15) is 27.3 Å². The fraction of sp³-hybridized carbons (Fsp3) is 0.167. The van der Waals surface area contributed by atoms with E-state index in [0.29, 0.717) is 24.2 Å². The van der Waals surface area contributed by atoms with Gasteiger partial charge in [0.2, 0.25) is 0 Å². The number of aldehydes is 1. The zero-order valence-electron chi connectivity index (χ0n) is 12.8. The van der Waals surface area contributed by atoms with Gasteiger partial charge in [-0.2, -0.15) is 0 Å². The molecule has 116 valence electrons. The summed E-state index contributed by atoms with van der Waals surface area (Å²) in [5, 5.41) is 8.00. The van der Waals surface area contributed by atoms with Crippen LogP contribution in [0.2, 0.25) is 0 Å². The van der Waals surface area contributed by atoms with E-state index in [2.05, 4.69) is 10.3 Å². The number of rotatable bonds is 6. The van der Waals surface area contributed by atoms with E-state index in [1.165, 1.54) is 5.56 Å². The summed E-state index contributed by atoms with van der Waals surface area (Å²) >= 11 is 0. The van der Waals surface area contributed by atoms with Crippen LogP contribution in [0.25, 0.3) is 0 Å². The minimum absolute atomic E-state index is 0.247. The van der Waals surface area contributed by atoms with Crippen molar-refractivity contribution in [2.45, 2.75) is 20.1 Å². The van der Waals surface area contributed by atoms with Crippen molar-refractivity contribution < 1.29 is 9.53 Å². The fourth-order valence-electron chi connectivity index (χ4n) is 2.25. The Morgan fingerprint density at radius 2 is 1.83 bits per heavy atom. The molecule has 0 spiro atoms. The number of hydrogen-bond acceptors (Lipinski definition) is 4. The predicted molar refractivity (Wildman–Crippen MR) is 86.5 cm³/mol. The van der Waals surface area contributed by atoms with Crippen molar-refractivity contribution in [3.8, 4) is 5.75 Å². The predicted octanol–water partition coefficient (Wildman–Crippen LogP) is 3.03. The largest absolute Gasteiger partial charge is 0.487 e. The smallest absolute Gasteiger partial charge is 0.172 e. The standard InChI is InChI=1S/C18H17N3O2/c1-14-7-9-15(10-8-14)11-21-18(17(12-22)19-20-21)13-23-16-5-3-2-4-6-16/h2-10,12H,11,13H2,1H3. The summed E-state index contributed by atoms with van der Waals surface area (Å²) < 4.78 is 7.44. The van der Waals surface area contributed by atoms with Crippen LogP contribution in [-0.4, -0.2) is 21.3 Å². The molecule has 0 saturated carbocycles. The van der Waals surface area contributed by atoms with E-state index in [9.17, 15) is 4.79 Å². The number of hydrogen-bond donors (Lipinski definition) is 0. The molecule has 23 heavy (non-hydrogen) atoms. The number of carbonyl (C=O) groups is 1. The van der Waals surface area contributed by atoms with Gasteiger partial charge in [-0.05, 0) is 24.6 Å². The first-order chi connectivity index (χ1) is 11.3. The number of aryl methyl sites for hydroxylation is 1. The van der Waals surface area contributed by atoms with Crippen molar-refractivity contribution in [2.75, 3.05) is 0 Å². The third-order valence-electron chi connectivity index (χ3n) is 3.55. The molecule has 0 atom stereocenters. The molecular formula is C18H17N3O2. The maximum atomic E-state index is 11.2. The molecule has 0 radical (unpaired) electrons. The van der Waals surface area contributed by atoms with Crippen molar-refractivity contribution in [3.63, 3.8) is 0 Å². The van der Waals surface area contributed by atoms with Gasteiger partial charge in [0.05, 0.1) is 6.54 Å². The summed E-state index contributed by atoms with van der Waals surface area (Å²) in [5.41, 5.74) is 3.28. The lowest BCUT2D eigenvalue weighted by atomic mass is 10.1. The average molecular weight is 307 g/mol. The highest BCUT2D eigenvalue weighted by atomic mass is 16.5. The summed E-state index contributed by atoms with van der Waals surface area (Å²) in [6.07, 6.45) is 0.711. The summed E-state index contributed by atoms with van der Waals surface area (Å²) in [5.74, 6) is 0.743. The number of benzene rings is 2. The van der Waals surface area contributed by atoms with Crippen LogP contribution in [-0.2, 0) is 13.2 Å². The first kappa shape index (κ1) is 15.0. The molecule has 0 unspecified atom stereocenters. The average Bonchev–Trinajstić information content (AvgIpc) is 2.98. The number of ether oxygens (including phenoxy) is 1. The van der Waals surface area contributed by atoms with E-state index in [4.69, 9.17) is 4.74 Å². The maximum absolute atomic E-state index is 11.2. The Bertz CT molecular complexity index is 780. The Morgan fingerprint density at radius 3 is 2.52 bits per heavy atom. The summed E-state index contributed by atoms with van der Waals surface area (Å²) in [6.45, 7) is 2.84. The highest BCUT2D eigenvalue weighted by molar-refractivity contribution is 5.73. The molecule has 3 rings (SSSR count). The summed E-state index contributed by atoms with van der Waals surface area (Å²) in [6, 6.07) is 17.6. The second kappa shape index (κ2) is 6.87. The normalized spacial score (nSPS) is 10.5. The minimum Gasteiger partial charge on any atom is -0.487 e. The van der Waals surface area contributed by atoms with Gasteiger partial charge >= 0.3 is 0 Å². The molecule has 0 amide bonds. The van der Waals surface area contributed by atoms with E-state index in [1.807, 2.05) is 61.5 Å². The molecule has 5 heteroatoms. The van der Waals surface area contributed by atoms with Gasteiger partial charge in [0.1, 0.15) is 18.1 Å². The lowest BCUT2D eigenvalue weighted by molar-refractivity contribution is 0.111. The number of carbonyl (C=O) groups excluding carboxylic acids is 1.